The summed E-state index contributed by atoms with van der Waals surface area (Å²) < 4.78 is 7.03. The first kappa shape index (κ1) is 43.4. The van der Waals surface area contributed by atoms with Gasteiger partial charge in [-0.25, -0.2) is 0 Å². The number of carbonyl (C=O) groups excluding carboxylic acids is 2. The number of hydrogen-bond donors (Lipinski definition) is 8. The number of pyridine rings is 1. The molecule has 2 atom stereocenters. The molecule has 69 heavy (non-hydrogen) atoms. The number of tetrazole rings is 1. The predicted molar refractivity (Wildman–Crippen MR) is 261 cm³/mol. The zero-order chi connectivity index (χ0) is 46.9. The molecule has 17 nitrogen and oxygen atoms in total. The van der Waals surface area contributed by atoms with Crippen molar-refractivity contribution in [2.75, 3.05) is 21.3 Å². The number of H-pyrrole nitrogens is 3. The van der Waals surface area contributed by atoms with E-state index in [0.29, 0.717) is 56.4 Å². The third kappa shape index (κ3) is 9.74. The zero-order valence-electron chi connectivity index (χ0n) is 36.7. The molecule has 0 bridgehead atoms. The Balaban J connectivity index is 0.881. The molecule has 0 fully saturated rings. The predicted octanol–water partition coefficient (Wildman–Crippen LogP) is 8.84. The van der Waals surface area contributed by atoms with Gasteiger partial charge < -0.3 is 31.1 Å². The summed E-state index contributed by atoms with van der Waals surface area (Å²) in [5, 5.41) is 53.1. The molecule has 17 heteroatoms. The smallest absolute Gasteiger partial charge is 0.274 e. The summed E-state index contributed by atoms with van der Waals surface area (Å²) in [6.45, 7) is 0.507. The van der Waals surface area contributed by atoms with E-state index >= 15 is 0 Å². The van der Waals surface area contributed by atoms with Crippen LogP contribution in [0.25, 0.3) is 22.3 Å². The molecule has 0 saturated carbocycles. The molecular formula is C52H43N13O4. The van der Waals surface area contributed by atoms with Crippen molar-refractivity contribution in [1.29, 1.82) is 0 Å². The van der Waals surface area contributed by atoms with Gasteiger partial charge in [-0.3, -0.25) is 24.8 Å². The zero-order valence-corrected chi connectivity index (χ0v) is 36.7. The van der Waals surface area contributed by atoms with Gasteiger partial charge >= 0.3 is 0 Å². The molecule has 10 aromatic rings. The van der Waals surface area contributed by atoms with Crippen molar-refractivity contribution >= 4 is 45.5 Å². The highest BCUT2D eigenvalue weighted by Gasteiger charge is 2.24. The highest BCUT2D eigenvalue weighted by atomic mass is 16.5. The number of hydrogen-bond acceptors (Lipinski definition) is 12. The topological polar surface area (TPSA) is 236 Å². The van der Waals surface area contributed by atoms with Gasteiger partial charge in [-0.2, -0.15) is 15.4 Å². The van der Waals surface area contributed by atoms with Crippen LogP contribution in [0.4, 0.5) is 22.7 Å². The fraction of sp³-hybridized carbons (Fsp3) is 0.0769. The van der Waals surface area contributed by atoms with E-state index in [9.17, 15) is 14.7 Å². The number of anilines is 4. The standard InChI is InChI=1S/C52H43N13O4/c66-48(32-13-3-1-4-14-32)40-20-7-9-22-42(40)54-28-36-30-57-61-47(36)52(68)59-39-25-34-18-12-24-53-45(34)44(27-39)69-49(33-15-5-2-6-16-33)41-21-8-10-23-43(41)55-29-37-31-56-60-46(37)51(67)58-38-19-11-17-35(26-38)50-62-64-65-63-50/h1-27,30-31,48-49,54-55,66H,28-29H2,(H,56,60)(H,57,61)(H,58,67)(H,59,68)(H,62,63,64,65). The van der Waals surface area contributed by atoms with Gasteiger partial charge in [0.25, 0.3) is 11.8 Å². The van der Waals surface area contributed by atoms with Crippen molar-refractivity contribution in [2.24, 2.45) is 0 Å². The molecule has 0 aliphatic carbocycles. The maximum atomic E-state index is 14.1. The van der Waals surface area contributed by atoms with Crippen LogP contribution < -0.4 is 26.0 Å². The van der Waals surface area contributed by atoms with E-state index in [1.54, 1.807) is 42.9 Å². The van der Waals surface area contributed by atoms with E-state index in [2.05, 4.69) is 62.3 Å². The lowest BCUT2D eigenvalue weighted by molar-refractivity contribution is 0.101. The van der Waals surface area contributed by atoms with Crippen molar-refractivity contribution in [3.05, 3.63) is 221 Å². The second-order valence-electron chi connectivity index (χ2n) is 15.9. The van der Waals surface area contributed by atoms with E-state index in [1.807, 2.05) is 133 Å². The molecule has 8 N–H and O–H groups in total. The van der Waals surface area contributed by atoms with Crippen LogP contribution in [0, 0.1) is 0 Å². The second-order valence-corrected chi connectivity index (χ2v) is 15.9. The number of para-hydroxylation sites is 2. The van der Waals surface area contributed by atoms with Crippen LogP contribution in [-0.4, -0.2) is 62.9 Å². The maximum absolute atomic E-state index is 14.1. The van der Waals surface area contributed by atoms with Crippen molar-refractivity contribution in [3.8, 4) is 17.1 Å². The monoisotopic (exact) mass is 913 g/mol. The number of amides is 2. The van der Waals surface area contributed by atoms with E-state index in [-0.39, 0.29) is 24.7 Å². The molecule has 4 heterocycles. The Morgan fingerprint density at radius 1 is 0.623 bits per heavy atom. The normalized spacial score (nSPS) is 12.0. The van der Waals surface area contributed by atoms with Crippen LogP contribution in [0.15, 0.2) is 176 Å². The maximum Gasteiger partial charge on any atom is 0.274 e. The summed E-state index contributed by atoms with van der Waals surface area (Å²) in [6.07, 6.45) is 3.42. The van der Waals surface area contributed by atoms with Gasteiger partial charge in [0.2, 0.25) is 5.82 Å². The number of nitrogens with one attached hydrogen (secondary N) is 7. The minimum atomic E-state index is -0.844. The van der Waals surface area contributed by atoms with Crippen molar-refractivity contribution in [2.45, 2.75) is 25.3 Å². The minimum absolute atomic E-state index is 0.250. The summed E-state index contributed by atoms with van der Waals surface area (Å²) in [5.74, 6) is 0.0582. The fourth-order valence-corrected chi connectivity index (χ4v) is 8.06. The van der Waals surface area contributed by atoms with Gasteiger partial charge in [0, 0.05) is 81.3 Å². The Morgan fingerprint density at radius 3 is 1.93 bits per heavy atom. The van der Waals surface area contributed by atoms with Gasteiger partial charge in [0.05, 0.1) is 12.4 Å². The molecule has 4 aromatic heterocycles. The number of nitrogens with zero attached hydrogens (tertiary/aromatic N) is 6. The second kappa shape index (κ2) is 19.9. The Kier molecular flexibility index (Phi) is 12.6. The fourth-order valence-electron chi connectivity index (χ4n) is 8.06. The highest BCUT2D eigenvalue weighted by Crippen LogP contribution is 2.38. The van der Waals surface area contributed by atoms with Crippen molar-refractivity contribution in [1.82, 2.24) is 46.0 Å². The number of rotatable bonds is 17. The van der Waals surface area contributed by atoms with Crippen LogP contribution in [0.2, 0.25) is 0 Å². The molecule has 0 radical (unpaired) electrons. The molecule has 6 aromatic carbocycles. The summed E-state index contributed by atoms with van der Waals surface area (Å²) >= 11 is 0. The first-order valence-electron chi connectivity index (χ1n) is 21.9. The Bertz CT molecular complexity index is 3360. The molecular weight excluding hydrogens is 871 g/mol. The molecule has 340 valence electrons. The molecule has 2 amide bonds. The van der Waals surface area contributed by atoms with E-state index < -0.39 is 18.1 Å². The number of benzene rings is 6. The van der Waals surface area contributed by atoms with Gasteiger partial charge in [-0.05, 0) is 52.7 Å². The number of carbonyl (C=O) groups is 2. The third-order valence-corrected chi connectivity index (χ3v) is 11.4. The lowest BCUT2D eigenvalue weighted by atomic mass is 9.99. The van der Waals surface area contributed by atoms with Crippen molar-refractivity contribution < 1.29 is 19.4 Å². The summed E-state index contributed by atoms with van der Waals surface area (Å²) in [7, 11) is 0. The van der Waals surface area contributed by atoms with Gasteiger partial charge in [-0.15, -0.1) is 10.2 Å². The van der Waals surface area contributed by atoms with Crippen LogP contribution >= 0.6 is 0 Å². The summed E-state index contributed by atoms with van der Waals surface area (Å²) in [6, 6.07) is 49.1. The Labute approximate surface area is 394 Å². The van der Waals surface area contributed by atoms with Crippen LogP contribution in [0.5, 0.6) is 5.75 Å². The van der Waals surface area contributed by atoms with Crippen LogP contribution in [-0.2, 0) is 13.1 Å². The first-order valence-corrected chi connectivity index (χ1v) is 21.9. The van der Waals surface area contributed by atoms with E-state index in [1.165, 1.54) is 0 Å². The lowest BCUT2D eigenvalue weighted by Crippen LogP contribution is -2.17. The minimum Gasteiger partial charge on any atom is -0.479 e. The molecule has 2 unspecified atom stereocenters. The first-order chi connectivity index (χ1) is 33.9. The number of aliphatic hydroxyl groups excluding tert-OH is 1. The number of ether oxygens (including phenoxy) is 1. The van der Waals surface area contributed by atoms with Crippen molar-refractivity contribution in [3.63, 3.8) is 0 Å². The van der Waals surface area contributed by atoms with Crippen LogP contribution in [0.1, 0.15) is 66.6 Å². The quantitative estimate of drug-likeness (QED) is 0.0428. The van der Waals surface area contributed by atoms with E-state index in [4.69, 9.17) is 9.72 Å². The largest absolute Gasteiger partial charge is 0.479 e. The third-order valence-electron chi connectivity index (χ3n) is 11.4. The van der Waals surface area contributed by atoms with Crippen LogP contribution in [0.3, 0.4) is 0 Å². The molecule has 0 spiro atoms. The average Bonchev–Trinajstić information content (AvgIpc) is 4.21. The Hall–Kier alpha value is -9.48. The number of aromatic nitrogens is 9. The lowest BCUT2D eigenvalue weighted by Gasteiger charge is -2.24. The van der Waals surface area contributed by atoms with Gasteiger partial charge in [0.1, 0.15) is 28.8 Å². The van der Waals surface area contributed by atoms with Gasteiger partial charge in [0.15, 0.2) is 6.10 Å². The number of aromatic amines is 3. The Morgan fingerprint density at radius 2 is 1.25 bits per heavy atom. The highest BCUT2D eigenvalue weighted by molar-refractivity contribution is 6.05. The average molecular weight is 914 g/mol. The van der Waals surface area contributed by atoms with E-state index in [0.717, 1.165) is 33.5 Å². The molecule has 0 aliphatic heterocycles. The van der Waals surface area contributed by atoms with Gasteiger partial charge in [-0.1, -0.05) is 115 Å². The molecule has 0 saturated heterocycles. The summed E-state index contributed by atoms with van der Waals surface area (Å²) in [4.78, 5) is 32.3. The molecule has 0 aliphatic rings. The number of fused-ring (bicyclic) bond motifs is 1. The summed E-state index contributed by atoms with van der Waals surface area (Å²) in [5.41, 5.74) is 8.76. The SMILES string of the molecule is O=C(Nc1cc(OC(c2ccccc2)c2ccccc2NCc2cn[nH]c2C(=O)Nc2cccc(-c3nn[nH]n3)c2)c2ncccc2c1)c1[nH]ncc1CNc1ccccc1C(O)c1ccccc1. The number of aliphatic hydroxyl groups is 1. The molecule has 10 rings (SSSR count).